The monoisotopic (exact) mass is 315 g/mol. The van der Waals surface area contributed by atoms with Gasteiger partial charge in [0.05, 0.1) is 7.11 Å². The predicted octanol–water partition coefficient (Wildman–Crippen LogP) is 4.42. The fraction of sp³-hybridized carbons (Fsp3) is 0.167. The second-order valence-electron chi connectivity index (χ2n) is 4.98. The molecule has 0 saturated heterocycles. The molecule has 2 aromatic carbocycles. The van der Waals surface area contributed by atoms with Crippen molar-refractivity contribution in [2.24, 2.45) is 0 Å². The molecule has 0 aliphatic heterocycles. The van der Waals surface area contributed by atoms with E-state index in [2.05, 4.69) is 22.2 Å². The third-order valence-electron chi connectivity index (χ3n) is 3.15. The zero-order valence-corrected chi connectivity index (χ0v) is 13.4. The predicted molar refractivity (Wildman–Crippen MR) is 90.1 cm³/mol. The summed E-state index contributed by atoms with van der Waals surface area (Å²) in [6, 6.07) is 15.9. The summed E-state index contributed by atoms with van der Waals surface area (Å²) in [6.45, 7) is 1.82. The van der Waals surface area contributed by atoms with Gasteiger partial charge in [-0.1, -0.05) is 35.9 Å². The van der Waals surface area contributed by atoms with Crippen LogP contribution in [0.5, 0.6) is 0 Å². The van der Waals surface area contributed by atoms with Crippen LogP contribution in [0.1, 0.15) is 18.1 Å². The van der Waals surface area contributed by atoms with E-state index < -0.39 is 0 Å². The normalized spacial score (nSPS) is 11.1. The molecule has 0 heterocycles. The first-order valence-electron chi connectivity index (χ1n) is 6.93. The zero-order valence-electron chi connectivity index (χ0n) is 12.6. The molecular weight excluding hydrogens is 298 g/mol. The Balaban J connectivity index is 1.99. The lowest BCUT2D eigenvalue weighted by atomic mass is 10.0. The van der Waals surface area contributed by atoms with Gasteiger partial charge in [-0.3, -0.25) is 0 Å². The SMILES string of the molecule is COC(=O)/C=C(\C)Nc1ccc(Cc2ccc(Cl)cc2)cc1. The first-order chi connectivity index (χ1) is 10.6. The average Bonchev–Trinajstić information content (AvgIpc) is 2.51. The minimum atomic E-state index is -0.371. The molecule has 114 valence electrons. The third kappa shape index (κ3) is 4.93. The third-order valence-corrected chi connectivity index (χ3v) is 3.40. The molecule has 0 aliphatic carbocycles. The van der Waals surface area contributed by atoms with Gasteiger partial charge in [0.2, 0.25) is 0 Å². The fourth-order valence-electron chi connectivity index (χ4n) is 2.04. The molecule has 0 fully saturated rings. The molecule has 1 N–H and O–H groups in total. The van der Waals surface area contributed by atoms with Crippen LogP contribution >= 0.6 is 11.6 Å². The van der Waals surface area contributed by atoms with Crippen LogP contribution in [0.3, 0.4) is 0 Å². The average molecular weight is 316 g/mol. The van der Waals surface area contributed by atoms with E-state index in [1.807, 2.05) is 43.3 Å². The van der Waals surface area contributed by atoms with Crippen LogP contribution in [-0.4, -0.2) is 13.1 Å². The molecule has 0 atom stereocenters. The summed E-state index contributed by atoms with van der Waals surface area (Å²) in [7, 11) is 1.36. The number of hydrogen-bond acceptors (Lipinski definition) is 3. The summed E-state index contributed by atoms with van der Waals surface area (Å²) in [4.78, 5) is 11.1. The number of nitrogens with one attached hydrogen (secondary N) is 1. The molecule has 0 radical (unpaired) electrons. The van der Waals surface area contributed by atoms with Crippen molar-refractivity contribution in [1.82, 2.24) is 0 Å². The van der Waals surface area contributed by atoms with Crippen LogP contribution in [0.15, 0.2) is 60.3 Å². The molecule has 3 nitrogen and oxygen atoms in total. The molecule has 22 heavy (non-hydrogen) atoms. The van der Waals surface area contributed by atoms with E-state index in [-0.39, 0.29) is 5.97 Å². The van der Waals surface area contributed by atoms with Gasteiger partial charge in [-0.15, -0.1) is 0 Å². The lowest BCUT2D eigenvalue weighted by Crippen LogP contribution is -2.02. The Kier molecular flexibility index (Phi) is 5.61. The molecule has 2 aromatic rings. The van der Waals surface area contributed by atoms with Crippen LogP contribution in [0.4, 0.5) is 5.69 Å². The molecule has 0 saturated carbocycles. The number of carbonyl (C=O) groups is 1. The maximum atomic E-state index is 11.1. The molecule has 4 heteroatoms. The molecule has 2 rings (SSSR count). The smallest absolute Gasteiger partial charge is 0.332 e. The van der Waals surface area contributed by atoms with Gasteiger partial charge < -0.3 is 10.1 Å². The van der Waals surface area contributed by atoms with E-state index in [1.165, 1.54) is 24.3 Å². The van der Waals surface area contributed by atoms with E-state index in [0.717, 1.165) is 22.8 Å². The number of rotatable bonds is 5. The second-order valence-corrected chi connectivity index (χ2v) is 5.41. The number of hydrogen-bond donors (Lipinski definition) is 1. The molecule has 0 bridgehead atoms. The van der Waals surface area contributed by atoms with Crippen LogP contribution in [0, 0.1) is 0 Å². The summed E-state index contributed by atoms with van der Waals surface area (Å²) in [5.74, 6) is -0.371. The highest BCUT2D eigenvalue weighted by molar-refractivity contribution is 6.30. The van der Waals surface area contributed by atoms with Crippen LogP contribution in [0.25, 0.3) is 0 Å². The minimum Gasteiger partial charge on any atom is -0.466 e. The number of benzene rings is 2. The summed E-state index contributed by atoms with van der Waals surface area (Å²) in [5.41, 5.74) is 4.09. The summed E-state index contributed by atoms with van der Waals surface area (Å²) < 4.78 is 4.59. The number of anilines is 1. The maximum Gasteiger partial charge on any atom is 0.332 e. The Morgan fingerprint density at radius 2 is 1.64 bits per heavy atom. The Hall–Kier alpha value is -2.26. The van der Waals surface area contributed by atoms with Crippen LogP contribution in [0.2, 0.25) is 5.02 Å². The van der Waals surface area contributed by atoms with Crippen LogP contribution in [-0.2, 0) is 16.0 Å². The fourth-order valence-corrected chi connectivity index (χ4v) is 2.17. The molecule has 0 aromatic heterocycles. The lowest BCUT2D eigenvalue weighted by molar-refractivity contribution is -0.134. The van der Waals surface area contributed by atoms with Crippen molar-refractivity contribution in [1.29, 1.82) is 0 Å². The highest BCUT2D eigenvalue weighted by Crippen LogP contribution is 2.16. The van der Waals surface area contributed by atoms with Gasteiger partial charge in [0.15, 0.2) is 0 Å². The highest BCUT2D eigenvalue weighted by atomic mass is 35.5. The van der Waals surface area contributed by atoms with Gasteiger partial charge in [-0.05, 0) is 48.7 Å². The number of methoxy groups -OCH3 is 1. The van der Waals surface area contributed by atoms with Gasteiger partial charge in [0.1, 0.15) is 0 Å². The number of halogens is 1. The van der Waals surface area contributed by atoms with Crippen molar-refractivity contribution in [3.8, 4) is 0 Å². The number of allylic oxidation sites excluding steroid dienone is 1. The number of carbonyl (C=O) groups excluding carboxylic acids is 1. The molecule has 0 spiro atoms. The Morgan fingerprint density at radius 3 is 2.18 bits per heavy atom. The summed E-state index contributed by atoms with van der Waals surface area (Å²) >= 11 is 5.88. The Labute approximate surface area is 135 Å². The van der Waals surface area contributed by atoms with Crippen LogP contribution < -0.4 is 5.32 Å². The Bertz CT molecular complexity index is 660. The van der Waals surface area contributed by atoms with Crippen molar-refractivity contribution in [2.45, 2.75) is 13.3 Å². The molecule has 0 aliphatic rings. The van der Waals surface area contributed by atoms with Crippen molar-refractivity contribution in [2.75, 3.05) is 12.4 Å². The van der Waals surface area contributed by atoms with Gasteiger partial charge in [-0.25, -0.2) is 4.79 Å². The lowest BCUT2D eigenvalue weighted by Gasteiger charge is -2.08. The van der Waals surface area contributed by atoms with E-state index >= 15 is 0 Å². The standard InChI is InChI=1S/C18H18ClNO2/c1-13(11-18(21)22-2)20-17-9-5-15(6-10-17)12-14-3-7-16(19)8-4-14/h3-11,20H,12H2,1-2H3/b13-11+. The van der Waals surface area contributed by atoms with Gasteiger partial charge in [-0.2, -0.15) is 0 Å². The van der Waals surface area contributed by atoms with Gasteiger partial charge in [0, 0.05) is 22.5 Å². The number of esters is 1. The van der Waals surface area contributed by atoms with Crippen molar-refractivity contribution >= 4 is 23.3 Å². The molecule has 0 amide bonds. The van der Waals surface area contributed by atoms with Crippen molar-refractivity contribution in [3.05, 3.63) is 76.5 Å². The maximum absolute atomic E-state index is 11.1. The minimum absolute atomic E-state index is 0.371. The quantitative estimate of drug-likeness (QED) is 0.655. The first-order valence-corrected chi connectivity index (χ1v) is 7.31. The largest absolute Gasteiger partial charge is 0.466 e. The van der Waals surface area contributed by atoms with E-state index in [9.17, 15) is 4.79 Å². The van der Waals surface area contributed by atoms with Gasteiger partial charge in [0.25, 0.3) is 0 Å². The topological polar surface area (TPSA) is 38.3 Å². The van der Waals surface area contributed by atoms with Crippen molar-refractivity contribution in [3.63, 3.8) is 0 Å². The molecular formula is C18H18ClNO2. The first kappa shape index (κ1) is 16.1. The second kappa shape index (κ2) is 7.66. The molecule has 0 unspecified atom stereocenters. The van der Waals surface area contributed by atoms with E-state index in [4.69, 9.17) is 11.6 Å². The summed E-state index contributed by atoms with van der Waals surface area (Å²) in [5, 5.41) is 3.89. The van der Waals surface area contributed by atoms with Gasteiger partial charge >= 0.3 is 5.97 Å². The number of ether oxygens (including phenoxy) is 1. The van der Waals surface area contributed by atoms with E-state index in [1.54, 1.807) is 0 Å². The Morgan fingerprint density at radius 1 is 1.09 bits per heavy atom. The van der Waals surface area contributed by atoms with E-state index in [0.29, 0.717) is 0 Å². The van der Waals surface area contributed by atoms with Crippen molar-refractivity contribution < 1.29 is 9.53 Å². The summed E-state index contributed by atoms with van der Waals surface area (Å²) in [6.07, 6.45) is 2.27. The highest BCUT2D eigenvalue weighted by Gasteiger charge is 2.00. The zero-order chi connectivity index (χ0) is 15.9.